The van der Waals surface area contributed by atoms with E-state index in [1.54, 1.807) is 31.9 Å². The summed E-state index contributed by atoms with van der Waals surface area (Å²) in [5, 5.41) is 2.79. The van der Waals surface area contributed by atoms with Crippen molar-refractivity contribution in [2.75, 3.05) is 27.2 Å². The zero-order valence-corrected chi connectivity index (χ0v) is 22.0. The molecule has 7 heteroatoms. The van der Waals surface area contributed by atoms with Crippen molar-refractivity contribution in [2.45, 2.75) is 92.8 Å². The summed E-state index contributed by atoms with van der Waals surface area (Å²) in [4.78, 5) is 40.7. The molecule has 3 atom stereocenters. The van der Waals surface area contributed by atoms with Crippen LogP contribution >= 0.6 is 0 Å². The molecule has 2 amide bonds. The molecule has 0 aliphatic carbocycles. The molecule has 7 nitrogen and oxygen atoms in total. The standard InChI is InChI=1S/C21H37N3O4.C4H10/c1-8-28-21(27)15(4)12-18(14(2)3)24(7)19(25)13-22-20(26)17-11-9-10-16(5)23(17)6;1-4(2)3/h12,14,16-18H,8-11,13H2,1-7H3,(H,22,26);4H,1-3H3/b15-12+;/t16?,17?,18-;/m1./s1. The molecule has 2 unspecified atom stereocenters. The van der Waals surface area contributed by atoms with Crippen LogP contribution in [0.4, 0.5) is 0 Å². The van der Waals surface area contributed by atoms with E-state index in [1.165, 1.54) is 0 Å². The second-order valence-electron chi connectivity index (χ2n) is 9.72. The molecule has 32 heavy (non-hydrogen) atoms. The Morgan fingerprint density at radius 1 is 1.16 bits per heavy atom. The minimum Gasteiger partial charge on any atom is -0.463 e. The van der Waals surface area contributed by atoms with Gasteiger partial charge in [0.1, 0.15) is 0 Å². The Morgan fingerprint density at radius 3 is 2.22 bits per heavy atom. The maximum absolute atomic E-state index is 12.7. The van der Waals surface area contributed by atoms with Crippen LogP contribution in [0.15, 0.2) is 11.6 Å². The lowest BCUT2D eigenvalue weighted by atomic mass is 9.97. The highest BCUT2D eigenvalue weighted by Gasteiger charge is 2.30. The largest absolute Gasteiger partial charge is 0.463 e. The van der Waals surface area contributed by atoms with Crippen molar-refractivity contribution >= 4 is 17.8 Å². The highest BCUT2D eigenvalue weighted by atomic mass is 16.5. The van der Waals surface area contributed by atoms with Gasteiger partial charge < -0.3 is 15.0 Å². The Bertz CT molecular complexity index is 628. The molecule has 0 bridgehead atoms. The Hall–Kier alpha value is -1.89. The summed E-state index contributed by atoms with van der Waals surface area (Å²) in [5.74, 6) is 0.276. The number of hydrogen-bond acceptors (Lipinski definition) is 5. The molecule has 0 radical (unpaired) electrons. The first-order valence-electron chi connectivity index (χ1n) is 11.9. The van der Waals surface area contributed by atoms with Crippen LogP contribution in [0.1, 0.15) is 74.7 Å². The van der Waals surface area contributed by atoms with Gasteiger partial charge in [0.15, 0.2) is 0 Å². The number of likely N-dealkylation sites (N-methyl/N-ethyl adjacent to an activating group) is 2. The number of nitrogens with one attached hydrogen (secondary N) is 1. The fourth-order valence-electron chi connectivity index (χ4n) is 3.53. The van der Waals surface area contributed by atoms with Gasteiger partial charge in [0.2, 0.25) is 11.8 Å². The number of piperidine rings is 1. The number of hydrogen-bond donors (Lipinski definition) is 1. The quantitative estimate of drug-likeness (QED) is 0.448. The monoisotopic (exact) mass is 453 g/mol. The molecule has 1 rings (SSSR count). The topological polar surface area (TPSA) is 79.0 Å². The number of rotatable bonds is 8. The Balaban J connectivity index is 0.00000220. The highest BCUT2D eigenvalue weighted by Crippen LogP contribution is 2.21. The van der Waals surface area contributed by atoms with Crippen molar-refractivity contribution in [3.05, 3.63) is 11.6 Å². The molecule has 186 valence electrons. The summed E-state index contributed by atoms with van der Waals surface area (Å²) in [5.41, 5.74) is 0.474. The maximum Gasteiger partial charge on any atom is 0.333 e. The molecular formula is C25H47N3O4. The van der Waals surface area contributed by atoms with Gasteiger partial charge >= 0.3 is 5.97 Å². The average Bonchev–Trinajstić information content (AvgIpc) is 2.70. The van der Waals surface area contributed by atoms with Gasteiger partial charge in [-0.05, 0) is 58.9 Å². The van der Waals surface area contributed by atoms with Gasteiger partial charge in [0.05, 0.1) is 25.2 Å². The van der Waals surface area contributed by atoms with E-state index in [0.29, 0.717) is 18.2 Å². The number of likely N-dealkylation sites (tertiary alicyclic amines) is 1. The first-order valence-corrected chi connectivity index (χ1v) is 11.9. The van der Waals surface area contributed by atoms with Crippen LogP contribution in [-0.4, -0.2) is 73.0 Å². The molecule has 1 aliphatic heterocycles. The van der Waals surface area contributed by atoms with E-state index in [-0.39, 0.29) is 42.3 Å². The summed E-state index contributed by atoms with van der Waals surface area (Å²) in [7, 11) is 3.66. The average molecular weight is 454 g/mol. The fraction of sp³-hybridized carbons (Fsp3) is 0.800. The molecule has 0 aromatic carbocycles. The van der Waals surface area contributed by atoms with Crippen LogP contribution in [-0.2, 0) is 19.1 Å². The van der Waals surface area contributed by atoms with Gasteiger partial charge in [-0.3, -0.25) is 14.5 Å². The van der Waals surface area contributed by atoms with E-state index >= 15 is 0 Å². The first-order chi connectivity index (χ1) is 14.8. The second kappa shape index (κ2) is 15.0. The molecule has 1 heterocycles. The zero-order valence-electron chi connectivity index (χ0n) is 22.0. The van der Waals surface area contributed by atoms with Crippen LogP contribution in [0.2, 0.25) is 0 Å². The first kappa shape index (κ1) is 30.1. The number of carbonyl (C=O) groups excluding carboxylic acids is 3. The van der Waals surface area contributed by atoms with Gasteiger partial charge in [-0.1, -0.05) is 40.7 Å². The van der Waals surface area contributed by atoms with E-state index < -0.39 is 0 Å². The minimum absolute atomic E-state index is 0.0520. The maximum atomic E-state index is 12.7. The smallest absolute Gasteiger partial charge is 0.333 e. The van der Waals surface area contributed by atoms with Crippen molar-refractivity contribution < 1.29 is 19.1 Å². The summed E-state index contributed by atoms with van der Waals surface area (Å²) in [6, 6.07) is -0.0796. The molecule has 0 spiro atoms. The van der Waals surface area contributed by atoms with Crippen LogP contribution < -0.4 is 5.32 Å². The normalized spacial score (nSPS) is 20.3. The molecule has 1 fully saturated rings. The van der Waals surface area contributed by atoms with E-state index in [0.717, 1.165) is 25.2 Å². The molecular weight excluding hydrogens is 406 g/mol. The summed E-state index contributed by atoms with van der Waals surface area (Å²) in [6.45, 7) is 16.3. The summed E-state index contributed by atoms with van der Waals surface area (Å²) < 4.78 is 5.02. The van der Waals surface area contributed by atoms with Gasteiger partial charge in [-0.25, -0.2) is 4.79 Å². The highest BCUT2D eigenvalue weighted by molar-refractivity contribution is 5.89. The van der Waals surface area contributed by atoms with Crippen LogP contribution in [0.5, 0.6) is 0 Å². The van der Waals surface area contributed by atoms with Crippen molar-refractivity contribution in [3.63, 3.8) is 0 Å². The zero-order chi connectivity index (χ0) is 25.0. The molecule has 1 N–H and O–H groups in total. The Labute approximate surface area is 195 Å². The lowest BCUT2D eigenvalue weighted by molar-refractivity contribution is -0.138. The lowest BCUT2D eigenvalue weighted by Gasteiger charge is -2.37. The van der Waals surface area contributed by atoms with Crippen molar-refractivity contribution in [1.82, 2.24) is 15.1 Å². The third-order valence-corrected chi connectivity index (χ3v) is 5.54. The van der Waals surface area contributed by atoms with Crippen molar-refractivity contribution in [3.8, 4) is 0 Å². The number of ether oxygens (including phenoxy) is 1. The van der Waals surface area contributed by atoms with E-state index in [2.05, 4.69) is 37.9 Å². The van der Waals surface area contributed by atoms with Crippen LogP contribution in [0.25, 0.3) is 0 Å². The van der Waals surface area contributed by atoms with Crippen molar-refractivity contribution in [2.24, 2.45) is 11.8 Å². The number of amides is 2. The van der Waals surface area contributed by atoms with Crippen LogP contribution in [0.3, 0.4) is 0 Å². The van der Waals surface area contributed by atoms with Gasteiger partial charge in [-0.2, -0.15) is 0 Å². The van der Waals surface area contributed by atoms with E-state index in [4.69, 9.17) is 4.74 Å². The summed E-state index contributed by atoms with van der Waals surface area (Å²) in [6.07, 6.45) is 4.68. The SMILES string of the molecule is CC(C)C.CCOC(=O)/C(C)=C/[C@H](C(C)C)N(C)C(=O)CNC(=O)C1CCCC(C)N1C. The number of nitrogens with zero attached hydrogens (tertiary/aromatic N) is 2. The van der Waals surface area contributed by atoms with E-state index in [1.807, 2.05) is 20.9 Å². The molecule has 0 saturated carbocycles. The second-order valence-corrected chi connectivity index (χ2v) is 9.72. The van der Waals surface area contributed by atoms with Gasteiger partial charge in [0.25, 0.3) is 0 Å². The molecule has 1 aliphatic rings. The van der Waals surface area contributed by atoms with Crippen LogP contribution in [0, 0.1) is 11.8 Å². The van der Waals surface area contributed by atoms with Gasteiger partial charge in [-0.15, -0.1) is 0 Å². The van der Waals surface area contributed by atoms with Gasteiger partial charge in [0, 0.05) is 18.7 Å². The molecule has 0 aromatic rings. The minimum atomic E-state index is -0.378. The summed E-state index contributed by atoms with van der Waals surface area (Å²) >= 11 is 0. The third kappa shape index (κ3) is 10.6. The molecule has 0 aromatic heterocycles. The fourth-order valence-corrected chi connectivity index (χ4v) is 3.53. The Kier molecular flexibility index (Phi) is 14.1. The number of carbonyl (C=O) groups is 3. The van der Waals surface area contributed by atoms with Crippen molar-refractivity contribution in [1.29, 1.82) is 0 Å². The third-order valence-electron chi connectivity index (χ3n) is 5.54. The predicted octanol–water partition coefficient (Wildman–Crippen LogP) is 3.63. The predicted molar refractivity (Wildman–Crippen MR) is 130 cm³/mol. The van der Waals surface area contributed by atoms with E-state index in [9.17, 15) is 14.4 Å². The lowest BCUT2D eigenvalue weighted by Crippen LogP contribution is -2.53. The Morgan fingerprint density at radius 2 is 1.72 bits per heavy atom. The number of esters is 1. The molecule has 1 saturated heterocycles.